The molecule has 16 heavy (non-hydrogen) atoms. The van der Waals surface area contributed by atoms with E-state index in [1.807, 2.05) is 6.07 Å². The van der Waals surface area contributed by atoms with Gasteiger partial charge in [0.15, 0.2) is 5.78 Å². The molecule has 0 atom stereocenters. The minimum atomic E-state index is -0.909. The molecule has 5 heteroatoms. The van der Waals surface area contributed by atoms with Crippen LogP contribution in [0.2, 0.25) is 0 Å². The number of hydrogen-bond donors (Lipinski definition) is 2. The summed E-state index contributed by atoms with van der Waals surface area (Å²) >= 11 is 0. The molecule has 0 radical (unpaired) electrons. The standard InChI is InChI=1S/C11H12N2O3/c1-7(14)8-3-2-4-9-11(8)13(6-12-9)5-10(15)16/h2-4,12H,5-6H2,1H3,(H,15,16). The van der Waals surface area contributed by atoms with E-state index in [-0.39, 0.29) is 12.3 Å². The van der Waals surface area contributed by atoms with E-state index in [1.54, 1.807) is 17.0 Å². The van der Waals surface area contributed by atoms with E-state index < -0.39 is 5.97 Å². The lowest BCUT2D eigenvalue weighted by atomic mass is 10.1. The summed E-state index contributed by atoms with van der Waals surface area (Å²) < 4.78 is 0. The minimum Gasteiger partial charge on any atom is -0.480 e. The normalized spacial score (nSPS) is 13.2. The highest BCUT2D eigenvalue weighted by Gasteiger charge is 2.24. The summed E-state index contributed by atoms with van der Waals surface area (Å²) in [4.78, 5) is 23.8. The number of anilines is 2. The number of carboxylic acids is 1. The van der Waals surface area contributed by atoms with Gasteiger partial charge in [0, 0.05) is 5.56 Å². The third kappa shape index (κ3) is 1.71. The van der Waals surface area contributed by atoms with Gasteiger partial charge >= 0.3 is 5.97 Å². The Morgan fingerprint density at radius 3 is 2.88 bits per heavy atom. The summed E-state index contributed by atoms with van der Waals surface area (Å²) in [5.74, 6) is -0.969. The summed E-state index contributed by atoms with van der Waals surface area (Å²) in [6, 6.07) is 5.33. The summed E-state index contributed by atoms with van der Waals surface area (Å²) in [7, 11) is 0. The largest absolute Gasteiger partial charge is 0.480 e. The van der Waals surface area contributed by atoms with E-state index in [1.165, 1.54) is 6.92 Å². The maximum Gasteiger partial charge on any atom is 0.323 e. The van der Waals surface area contributed by atoms with E-state index in [9.17, 15) is 9.59 Å². The maximum atomic E-state index is 11.4. The number of carbonyl (C=O) groups excluding carboxylic acids is 1. The highest BCUT2D eigenvalue weighted by molar-refractivity contribution is 6.04. The molecule has 0 aliphatic carbocycles. The molecule has 0 fully saturated rings. The monoisotopic (exact) mass is 220 g/mol. The molecule has 2 rings (SSSR count). The lowest BCUT2D eigenvalue weighted by Crippen LogP contribution is -2.30. The summed E-state index contributed by atoms with van der Waals surface area (Å²) in [6.45, 7) is 1.79. The van der Waals surface area contributed by atoms with Crippen molar-refractivity contribution < 1.29 is 14.7 Å². The Kier molecular flexibility index (Phi) is 2.52. The average Bonchev–Trinajstić information content (AvgIpc) is 2.60. The average molecular weight is 220 g/mol. The van der Waals surface area contributed by atoms with Crippen molar-refractivity contribution in [3.05, 3.63) is 23.8 Å². The first kappa shape index (κ1) is 10.5. The van der Waals surface area contributed by atoms with Crippen LogP contribution in [0.25, 0.3) is 0 Å². The van der Waals surface area contributed by atoms with E-state index >= 15 is 0 Å². The van der Waals surface area contributed by atoms with Crippen molar-refractivity contribution in [1.82, 2.24) is 0 Å². The first-order valence-corrected chi connectivity index (χ1v) is 4.94. The second-order valence-corrected chi connectivity index (χ2v) is 3.68. The SMILES string of the molecule is CC(=O)c1cccc2c1N(CC(=O)O)CN2. The number of aliphatic carboxylic acids is 1. The number of rotatable bonds is 3. The predicted molar refractivity (Wildman–Crippen MR) is 59.9 cm³/mol. The Morgan fingerprint density at radius 1 is 1.50 bits per heavy atom. The van der Waals surface area contributed by atoms with Crippen molar-refractivity contribution in [3.63, 3.8) is 0 Å². The molecule has 0 unspecified atom stereocenters. The van der Waals surface area contributed by atoms with E-state index in [4.69, 9.17) is 5.11 Å². The highest BCUT2D eigenvalue weighted by atomic mass is 16.4. The molecule has 0 bridgehead atoms. The van der Waals surface area contributed by atoms with Crippen molar-refractivity contribution in [3.8, 4) is 0 Å². The quantitative estimate of drug-likeness (QED) is 0.748. The Morgan fingerprint density at radius 2 is 2.25 bits per heavy atom. The van der Waals surface area contributed by atoms with Crippen LogP contribution in [-0.2, 0) is 4.79 Å². The molecule has 0 saturated carbocycles. The van der Waals surface area contributed by atoms with Gasteiger partial charge in [-0.05, 0) is 19.1 Å². The van der Waals surface area contributed by atoms with Crippen molar-refractivity contribution in [2.24, 2.45) is 0 Å². The van der Waals surface area contributed by atoms with Crippen LogP contribution in [0.1, 0.15) is 17.3 Å². The molecule has 5 nitrogen and oxygen atoms in total. The van der Waals surface area contributed by atoms with E-state index in [0.717, 1.165) is 5.69 Å². The number of carboxylic acid groups (broad SMARTS) is 1. The van der Waals surface area contributed by atoms with Crippen LogP contribution < -0.4 is 10.2 Å². The molecule has 2 N–H and O–H groups in total. The van der Waals surface area contributed by atoms with Gasteiger partial charge in [-0.1, -0.05) is 6.07 Å². The number of para-hydroxylation sites is 1. The first-order chi connectivity index (χ1) is 7.59. The fourth-order valence-electron chi connectivity index (χ4n) is 1.87. The number of nitrogens with one attached hydrogen (secondary N) is 1. The molecule has 1 aromatic carbocycles. The molecule has 0 spiro atoms. The van der Waals surface area contributed by atoms with Crippen molar-refractivity contribution in [1.29, 1.82) is 0 Å². The number of nitrogens with zero attached hydrogens (tertiary/aromatic N) is 1. The fraction of sp³-hybridized carbons (Fsp3) is 0.273. The first-order valence-electron chi connectivity index (χ1n) is 4.94. The van der Waals surface area contributed by atoms with Gasteiger partial charge in [-0.15, -0.1) is 0 Å². The highest BCUT2D eigenvalue weighted by Crippen LogP contribution is 2.34. The molecular formula is C11H12N2O3. The van der Waals surface area contributed by atoms with Crippen LogP contribution in [0, 0.1) is 0 Å². The second-order valence-electron chi connectivity index (χ2n) is 3.68. The van der Waals surface area contributed by atoms with Gasteiger partial charge in [-0.2, -0.15) is 0 Å². The predicted octanol–water partition coefficient (Wildman–Crippen LogP) is 1.16. The Balaban J connectivity index is 2.43. The number of Topliss-reactive ketones (excluding diaryl/α,β-unsaturated/α-hetero) is 1. The van der Waals surface area contributed by atoms with Gasteiger partial charge in [0.2, 0.25) is 0 Å². The molecule has 0 aromatic heterocycles. The number of ketones is 1. The number of fused-ring (bicyclic) bond motifs is 1. The Hall–Kier alpha value is -2.04. The molecule has 0 saturated heterocycles. The van der Waals surface area contributed by atoms with Gasteiger partial charge < -0.3 is 15.3 Å². The van der Waals surface area contributed by atoms with Crippen molar-refractivity contribution >= 4 is 23.1 Å². The van der Waals surface area contributed by atoms with Gasteiger partial charge in [0.1, 0.15) is 6.54 Å². The summed E-state index contributed by atoms with van der Waals surface area (Å²) in [5.41, 5.74) is 2.06. The zero-order valence-electron chi connectivity index (χ0n) is 8.86. The third-order valence-electron chi connectivity index (χ3n) is 2.52. The number of hydrogen-bond acceptors (Lipinski definition) is 4. The topological polar surface area (TPSA) is 69.6 Å². The van der Waals surface area contributed by atoms with Crippen LogP contribution in [0.4, 0.5) is 11.4 Å². The van der Waals surface area contributed by atoms with E-state index in [0.29, 0.717) is 17.9 Å². The molecule has 0 amide bonds. The zero-order chi connectivity index (χ0) is 11.7. The van der Waals surface area contributed by atoms with Gasteiger partial charge in [-0.3, -0.25) is 9.59 Å². The van der Waals surface area contributed by atoms with Crippen LogP contribution in [-0.4, -0.2) is 30.1 Å². The van der Waals surface area contributed by atoms with Gasteiger partial charge in [0.25, 0.3) is 0 Å². The summed E-state index contributed by atoms with van der Waals surface area (Å²) in [5, 5.41) is 11.8. The lowest BCUT2D eigenvalue weighted by Gasteiger charge is -2.17. The van der Waals surface area contributed by atoms with Crippen LogP contribution in [0.3, 0.4) is 0 Å². The minimum absolute atomic E-state index is 0.0593. The number of carbonyl (C=O) groups is 2. The van der Waals surface area contributed by atoms with Crippen LogP contribution >= 0.6 is 0 Å². The zero-order valence-corrected chi connectivity index (χ0v) is 8.86. The van der Waals surface area contributed by atoms with Crippen molar-refractivity contribution in [2.75, 3.05) is 23.4 Å². The van der Waals surface area contributed by atoms with Crippen LogP contribution in [0.15, 0.2) is 18.2 Å². The molecule has 1 aliphatic rings. The Bertz CT molecular complexity index is 457. The molecule has 84 valence electrons. The fourth-order valence-corrected chi connectivity index (χ4v) is 1.87. The smallest absolute Gasteiger partial charge is 0.323 e. The van der Waals surface area contributed by atoms with Crippen molar-refractivity contribution in [2.45, 2.75) is 6.92 Å². The van der Waals surface area contributed by atoms with Gasteiger partial charge in [0.05, 0.1) is 18.0 Å². The Labute approximate surface area is 92.7 Å². The molecule has 1 aliphatic heterocycles. The molecule has 1 heterocycles. The van der Waals surface area contributed by atoms with Gasteiger partial charge in [-0.25, -0.2) is 0 Å². The molecule has 1 aromatic rings. The number of benzene rings is 1. The molecular weight excluding hydrogens is 208 g/mol. The third-order valence-corrected chi connectivity index (χ3v) is 2.52. The summed E-state index contributed by atoms with van der Waals surface area (Å²) in [6.07, 6.45) is 0. The van der Waals surface area contributed by atoms with E-state index in [2.05, 4.69) is 5.32 Å². The van der Waals surface area contributed by atoms with Crippen LogP contribution in [0.5, 0.6) is 0 Å². The lowest BCUT2D eigenvalue weighted by molar-refractivity contribution is -0.135. The second kappa shape index (κ2) is 3.84. The maximum absolute atomic E-state index is 11.4.